The van der Waals surface area contributed by atoms with Gasteiger partial charge in [-0.2, -0.15) is 5.26 Å². The monoisotopic (exact) mass is 452 g/mol. The Morgan fingerprint density at radius 1 is 1.38 bits per heavy atom. The number of carbonyl (C=O) groups is 1. The highest BCUT2D eigenvalue weighted by molar-refractivity contribution is 7.09. The maximum Gasteiger partial charge on any atom is 0.239 e. The summed E-state index contributed by atoms with van der Waals surface area (Å²) in [5.74, 6) is 1.15. The van der Waals surface area contributed by atoms with Gasteiger partial charge in [-0.05, 0) is 55.8 Å². The van der Waals surface area contributed by atoms with Gasteiger partial charge in [-0.25, -0.2) is 0 Å². The van der Waals surface area contributed by atoms with E-state index in [2.05, 4.69) is 22.4 Å². The molecule has 4 heterocycles. The highest BCUT2D eigenvalue weighted by Gasteiger charge is 2.24. The van der Waals surface area contributed by atoms with E-state index in [4.69, 9.17) is 9.15 Å². The molecule has 4 rings (SSSR count). The molecule has 32 heavy (non-hydrogen) atoms. The molecule has 1 aliphatic heterocycles. The Morgan fingerprint density at radius 3 is 2.91 bits per heavy atom. The quantitative estimate of drug-likeness (QED) is 0.523. The zero-order valence-electron chi connectivity index (χ0n) is 18.5. The third kappa shape index (κ3) is 5.13. The lowest BCUT2D eigenvalue weighted by Gasteiger charge is -2.24. The second-order valence-corrected chi connectivity index (χ2v) is 9.18. The summed E-state index contributed by atoms with van der Waals surface area (Å²) in [6.07, 6.45) is 3.86. The number of aromatic nitrogens is 1. The molecule has 8 heteroatoms. The number of amides is 1. The van der Waals surface area contributed by atoms with Crippen LogP contribution in [0.3, 0.4) is 0 Å². The van der Waals surface area contributed by atoms with Crippen molar-refractivity contribution >= 4 is 23.1 Å². The zero-order chi connectivity index (χ0) is 22.5. The first-order valence-electron chi connectivity index (χ1n) is 10.8. The van der Waals surface area contributed by atoms with E-state index in [0.29, 0.717) is 31.0 Å². The Kier molecular flexibility index (Phi) is 7.10. The van der Waals surface area contributed by atoms with Gasteiger partial charge in [0.1, 0.15) is 17.6 Å². The molecule has 168 valence electrons. The van der Waals surface area contributed by atoms with E-state index < -0.39 is 0 Å². The number of carbonyl (C=O) groups excluding carboxylic acids is 1. The Hall–Kier alpha value is -2.86. The van der Waals surface area contributed by atoms with Crippen LogP contribution in [0.4, 0.5) is 5.82 Å². The molecule has 1 saturated heterocycles. The van der Waals surface area contributed by atoms with Crippen molar-refractivity contribution in [1.29, 1.82) is 5.26 Å². The Morgan fingerprint density at radius 2 is 2.25 bits per heavy atom. The van der Waals surface area contributed by atoms with E-state index in [1.165, 1.54) is 4.88 Å². The molecular formula is C24H28N4O3S. The lowest BCUT2D eigenvalue weighted by molar-refractivity contribution is -0.117. The van der Waals surface area contributed by atoms with E-state index in [0.717, 1.165) is 36.5 Å². The predicted molar refractivity (Wildman–Crippen MR) is 124 cm³/mol. The lowest BCUT2D eigenvalue weighted by atomic mass is 10.2. The van der Waals surface area contributed by atoms with Crippen LogP contribution < -0.4 is 5.32 Å². The topological polar surface area (TPSA) is 83.4 Å². The summed E-state index contributed by atoms with van der Waals surface area (Å²) < 4.78 is 13.2. The summed E-state index contributed by atoms with van der Waals surface area (Å²) >= 11 is 1.68. The second-order valence-electron chi connectivity index (χ2n) is 8.14. The van der Waals surface area contributed by atoms with Crippen LogP contribution in [0.15, 0.2) is 40.3 Å². The predicted octanol–water partition coefficient (Wildman–Crippen LogP) is 4.30. The Labute approximate surface area is 192 Å². The smallest absolute Gasteiger partial charge is 0.239 e. The van der Waals surface area contributed by atoms with E-state index >= 15 is 0 Å². The van der Waals surface area contributed by atoms with E-state index in [1.54, 1.807) is 17.6 Å². The van der Waals surface area contributed by atoms with Gasteiger partial charge in [-0.3, -0.25) is 9.69 Å². The minimum atomic E-state index is -0.144. The number of thiophene rings is 1. The number of hydrogen-bond donors (Lipinski definition) is 1. The molecule has 3 aromatic rings. The van der Waals surface area contributed by atoms with Crippen LogP contribution >= 0.6 is 11.3 Å². The summed E-state index contributed by atoms with van der Waals surface area (Å²) in [6, 6.07) is 10.1. The third-order valence-corrected chi connectivity index (χ3v) is 6.77. The second kappa shape index (κ2) is 10.2. The number of nitrogens with zero attached hydrogens (tertiary/aromatic N) is 3. The average Bonchev–Trinajstić information content (AvgIpc) is 3.56. The molecule has 1 amide bonds. The number of hydrogen-bond acceptors (Lipinski definition) is 6. The first kappa shape index (κ1) is 22.3. The molecule has 7 nitrogen and oxygen atoms in total. The van der Waals surface area contributed by atoms with Crippen LogP contribution in [-0.2, 0) is 22.6 Å². The van der Waals surface area contributed by atoms with Gasteiger partial charge in [-0.1, -0.05) is 6.07 Å². The molecule has 0 aliphatic carbocycles. The van der Waals surface area contributed by atoms with Crippen molar-refractivity contribution in [2.75, 3.05) is 25.0 Å². The SMILES string of the molecule is Cc1c(C#N)c(NC(=O)CN(Cc2cccs2)C[C@H]2CCCO2)n(Cc2ccco2)c1C. The van der Waals surface area contributed by atoms with Gasteiger partial charge in [-0.15, -0.1) is 11.3 Å². The minimum Gasteiger partial charge on any atom is -0.467 e. The highest BCUT2D eigenvalue weighted by Crippen LogP contribution is 2.27. The summed E-state index contributed by atoms with van der Waals surface area (Å²) in [5, 5.41) is 14.8. The Balaban J connectivity index is 1.52. The molecule has 1 aliphatic rings. The van der Waals surface area contributed by atoms with Crippen LogP contribution in [0.5, 0.6) is 0 Å². The van der Waals surface area contributed by atoms with Gasteiger partial charge >= 0.3 is 0 Å². The number of ether oxygens (including phenoxy) is 1. The normalized spacial score (nSPS) is 15.9. The molecule has 0 aromatic carbocycles. The van der Waals surface area contributed by atoms with Gasteiger partial charge in [0.2, 0.25) is 5.91 Å². The van der Waals surface area contributed by atoms with Crippen LogP contribution in [0.2, 0.25) is 0 Å². The van der Waals surface area contributed by atoms with Crippen molar-refractivity contribution in [3.8, 4) is 6.07 Å². The van der Waals surface area contributed by atoms with Gasteiger partial charge in [0.05, 0.1) is 31.0 Å². The van der Waals surface area contributed by atoms with Gasteiger partial charge in [0.25, 0.3) is 0 Å². The van der Waals surface area contributed by atoms with Crippen molar-refractivity contribution in [2.45, 2.75) is 45.9 Å². The highest BCUT2D eigenvalue weighted by atomic mass is 32.1. The van der Waals surface area contributed by atoms with Crippen molar-refractivity contribution in [3.05, 3.63) is 63.4 Å². The standard InChI is InChI=1S/C24H28N4O3S/c1-17-18(2)28(14-20-7-4-10-31-20)24(22(17)12-25)26-23(29)16-27(13-19-6-3-9-30-19)15-21-8-5-11-32-21/h4-5,7-8,10-11,19H,3,6,9,13-16H2,1-2H3,(H,26,29)/t19-/m1/s1. The molecule has 1 atom stereocenters. The molecule has 0 bridgehead atoms. The van der Waals surface area contributed by atoms with Crippen LogP contribution in [0.1, 0.15) is 40.3 Å². The molecule has 0 unspecified atom stereocenters. The third-order valence-electron chi connectivity index (χ3n) is 5.91. The lowest BCUT2D eigenvalue weighted by Crippen LogP contribution is -2.38. The number of furan rings is 1. The average molecular weight is 453 g/mol. The molecular weight excluding hydrogens is 424 g/mol. The van der Waals surface area contributed by atoms with E-state index in [1.807, 2.05) is 42.0 Å². The van der Waals surface area contributed by atoms with Crippen LogP contribution in [0, 0.1) is 25.2 Å². The fourth-order valence-corrected chi connectivity index (χ4v) is 4.89. The number of rotatable bonds is 9. The van der Waals surface area contributed by atoms with E-state index in [9.17, 15) is 10.1 Å². The van der Waals surface area contributed by atoms with Crippen LogP contribution in [-0.4, -0.2) is 41.2 Å². The van der Waals surface area contributed by atoms with Gasteiger partial charge in [0, 0.05) is 30.3 Å². The Bertz CT molecular complexity index is 1070. The maximum atomic E-state index is 13.1. The molecule has 1 fully saturated rings. The number of anilines is 1. The maximum absolute atomic E-state index is 13.1. The summed E-state index contributed by atoms with van der Waals surface area (Å²) in [7, 11) is 0. The van der Waals surface area contributed by atoms with Crippen LogP contribution in [0.25, 0.3) is 0 Å². The fraction of sp³-hybridized carbons (Fsp3) is 0.417. The molecule has 0 radical (unpaired) electrons. The molecule has 0 saturated carbocycles. The minimum absolute atomic E-state index is 0.144. The zero-order valence-corrected chi connectivity index (χ0v) is 19.3. The van der Waals surface area contributed by atoms with Crippen molar-refractivity contribution in [3.63, 3.8) is 0 Å². The number of nitrogens with one attached hydrogen (secondary N) is 1. The van der Waals surface area contributed by atoms with Gasteiger partial charge < -0.3 is 19.0 Å². The summed E-state index contributed by atoms with van der Waals surface area (Å²) in [4.78, 5) is 16.5. The summed E-state index contributed by atoms with van der Waals surface area (Å²) in [6.45, 7) is 6.73. The first-order valence-corrected chi connectivity index (χ1v) is 11.7. The van der Waals surface area contributed by atoms with E-state index in [-0.39, 0.29) is 18.6 Å². The molecule has 0 spiro atoms. The van der Waals surface area contributed by atoms with Gasteiger partial charge in [0.15, 0.2) is 0 Å². The molecule has 3 aromatic heterocycles. The fourth-order valence-electron chi connectivity index (χ4n) is 4.15. The largest absolute Gasteiger partial charge is 0.467 e. The molecule has 1 N–H and O–H groups in total. The first-order chi connectivity index (χ1) is 15.5. The summed E-state index contributed by atoms with van der Waals surface area (Å²) in [5.41, 5.74) is 2.29. The van der Waals surface area contributed by atoms with Crippen molar-refractivity contribution < 1.29 is 13.9 Å². The van der Waals surface area contributed by atoms with Crippen molar-refractivity contribution in [1.82, 2.24) is 9.47 Å². The van der Waals surface area contributed by atoms with Crippen molar-refractivity contribution in [2.24, 2.45) is 0 Å². The number of nitriles is 1.